The molecular formula is C28H24N2O. The average Bonchev–Trinajstić information content (AvgIpc) is 3.23. The fourth-order valence-corrected chi connectivity index (χ4v) is 3.67. The van der Waals surface area contributed by atoms with Gasteiger partial charge >= 0.3 is 0 Å². The van der Waals surface area contributed by atoms with Crippen LogP contribution in [0.1, 0.15) is 16.7 Å². The molecule has 5 aromatic rings. The second-order valence-electron chi connectivity index (χ2n) is 7.98. The molecule has 0 spiro atoms. The van der Waals surface area contributed by atoms with Crippen LogP contribution in [0.25, 0.3) is 28.0 Å². The first-order chi connectivity index (χ1) is 15.1. The summed E-state index contributed by atoms with van der Waals surface area (Å²) in [6, 6.07) is 29.3. The zero-order valence-electron chi connectivity index (χ0n) is 17.7. The lowest BCUT2D eigenvalue weighted by molar-refractivity contribution is 0.306. The van der Waals surface area contributed by atoms with Gasteiger partial charge < -0.3 is 9.14 Å². The van der Waals surface area contributed by atoms with Crippen LogP contribution in [0.3, 0.4) is 0 Å². The maximum absolute atomic E-state index is 5.95. The van der Waals surface area contributed by atoms with E-state index >= 15 is 0 Å². The number of ether oxygens (including phenoxy) is 1. The Hall–Kier alpha value is -3.85. The molecular weight excluding hydrogens is 380 g/mol. The first kappa shape index (κ1) is 19.1. The van der Waals surface area contributed by atoms with E-state index in [0.29, 0.717) is 6.61 Å². The number of aryl methyl sites for hydroxylation is 2. The Bertz CT molecular complexity index is 1330. The van der Waals surface area contributed by atoms with Gasteiger partial charge in [0.1, 0.15) is 18.0 Å². The predicted octanol–water partition coefficient (Wildman–Crippen LogP) is 6.86. The maximum atomic E-state index is 5.95. The Morgan fingerprint density at radius 2 is 1.42 bits per heavy atom. The minimum Gasteiger partial charge on any atom is -0.489 e. The second kappa shape index (κ2) is 8.11. The van der Waals surface area contributed by atoms with Gasteiger partial charge in [-0.25, -0.2) is 4.98 Å². The third-order valence-corrected chi connectivity index (χ3v) is 5.49. The van der Waals surface area contributed by atoms with Crippen molar-refractivity contribution in [1.29, 1.82) is 0 Å². The number of rotatable bonds is 5. The van der Waals surface area contributed by atoms with Gasteiger partial charge in [0.25, 0.3) is 0 Å². The summed E-state index contributed by atoms with van der Waals surface area (Å²) >= 11 is 0. The van der Waals surface area contributed by atoms with Crippen molar-refractivity contribution in [1.82, 2.24) is 9.38 Å². The SMILES string of the molecule is Cc1ccc(OCc2cccc(-c3ccc4nc(-c5ccc(C)cc5)cn4c3)c2)cc1. The van der Waals surface area contributed by atoms with Crippen molar-refractivity contribution in [2.24, 2.45) is 0 Å². The van der Waals surface area contributed by atoms with Crippen LogP contribution >= 0.6 is 0 Å². The average molecular weight is 405 g/mol. The van der Waals surface area contributed by atoms with Gasteiger partial charge in [0.2, 0.25) is 0 Å². The van der Waals surface area contributed by atoms with Gasteiger partial charge in [0.05, 0.1) is 5.69 Å². The van der Waals surface area contributed by atoms with Gasteiger partial charge in [-0.15, -0.1) is 0 Å². The van der Waals surface area contributed by atoms with Gasteiger partial charge in [0, 0.05) is 18.0 Å². The summed E-state index contributed by atoms with van der Waals surface area (Å²) < 4.78 is 8.05. The van der Waals surface area contributed by atoms with Crippen molar-refractivity contribution < 1.29 is 4.74 Å². The summed E-state index contributed by atoms with van der Waals surface area (Å²) in [5.41, 5.74) is 9.00. The molecule has 3 heteroatoms. The number of pyridine rings is 1. The molecule has 2 aromatic heterocycles. The molecule has 2 heterocycles. The summed E-state index contributed by atoms with van der Waals surface area (Å²) in [6.45, 7) is 4.72. The van der Waals surface area contributed by atoms with E-state index in [9.17, 15) is 0 Å². The topological polar surface area (TPSA) is 26.5 Å². The zero-order valence-corrected chi connectivity index (χ0v) is 17.7. The summed E-state index contributed by atoms with van der Waals surface area (Å²) in [7, 11) is 0. The minimum absolute atomic E-state index is 0.543. The lowest BCUT2D eigenvalue weighted by atomic mass is 10.1. The number of hydrogen-bond acceptors (Lipinski definition) is 2. The Morgan fingerprint density at radius 3 is 2.19 bits per heavy atom. The Kier molecular flexibility index (Phi) is 5.01. The van der Waals surface area contributed by atoms with E-state index in [1.807, 2.05) is 12.1 Å². The largest absolute Gasteiger partial charge is 0.489 e. The Labute approximate surface area is 182 Å². The summed E-state index contributed by atoms with van der Waals surface area (Å²) in [4.78, 5) is 4.78. The molecule has 152 valence electrons. The van der Waals surface area contributed by atoms with E-state index in [-0.39, 0.29) is 0 Å². The number of fused-ring (bicyclic) bond motifs is 1. The monoisotopic (exact) mass is 404 g/mol. The molecule has 0 amide bonds. The predicted molar refractivity (Wildman–Crippen MR) is 126 cm³/mol. The molecule has 0 N–H and O–H groups in total. The van der Waals surface area contributed by atoms with Gasteiger partial charge in [-0.3, -0.25) is 0 Å². The van der Waals surface area contributed by atoms with E-state index in [4.69, 9.17) is 9.72 Å². The number of aromatic nitrogens is 2. The van der Waals surface area contributed by atoms with Crippen LogP contribution in [0.2, 0.25) is 0 Å². The molecule has 0 saturated carbocycles. The van der Waals surface area contributed by atoms with Gasteiger partial charge in [0.15, 0.2) is 0 Å². The number of benzene rings is 3. The van der Waals surface area contributed by atoms with Crippen molar-refractivity contribution in [2.45, 2.75) is 20.5 Å². The summed E-state index contributed by atoms with van der Waals surface area (Å²) in [5, 5.41) is 0. The van der Waals surface area contributed by atoms with Crippen LogP contribution in [0, 0.1) is 13.8 Å². The molecule has 0 fully saturated rings. The van der Waals surface area contributed by atoms with Crippen molar-refractivity contribution in [3.8, 4) is 28.1 Å². The standard InChI is InChI=1S/C28H24N2O/c1-20-6-10-23(11-7-20)27-18-30-17-25(12-15-28(30)29-27)24-5-3-4-22(16-24)19-31-26-13-8-21(2)9-14-26/h3-18H,19H2,1-2H3. The molecule has 0 aliphatic heterocycles. The first-order valence-corrected chi connectivity index (χ1v) is 10.5. The lowest BCUT2D eigenvalue weighted by Crippen LogP contribution is -1.96. The third-order valence-electron chi connectivity index (χ3n) is 5.49. The fourth-order valence-electron chi connectivity index (χ4n) is 3.67. The van der Waals surface area contributed by atoms with Gasteiger partial charge in [-0.1, -0.05) is 65.7 Å². The molecule has 0 unspecified atom stereocenters. The number of hydrogen-bond donors (Lipinski definition) is 0. The molecule has 5 rings (SSSR count). The van der Waals surface area contributed by atoms with E-state index in [0.717, 1.165) is 39.3 Å². The Morgan fingerprint density at radius 1 is 0.710 bits per heavy atom. The third kappa shape index (κ3) is 4.22. The van der Waals surface area contributed by atoms with Crippen LogP contribution in [0.5, 0.6) is 5.75 Å². The maximum Gasteiger partial charge on any atom is 0.137 e. The zero-order chi connectivity index (χ0) is 21.2. The highest BCUT2D eigenvalue weighted by Gasteiger charge is 2.07. The second-order valence-corrected chi connectivity index (χ2v) is 7.98. The minimum atomic E-state index is 0.543. The highest BCUT2D eigenvalue weighted by Crippen LogP contribution is 2.25. The number of nitrogens with zero attached hydrogens (tertiary/aromatic N) is 2. The Balaban J connectivity index is 1.39. The van der Waals surface area contributed by atoms with E-state index in [2.05, 4.69) is 103 Å². The summed E-state index contributed by atoms with van der Waals surface area (Å²) in [5.74, 6) is 0.888. The van der Waals surface area contributed by atoms with Crippen LogP contribution in [0.4, 0.5) is 0 Å². The van der Waals surface area contributed by atoms with Crippen LogP contribution in [-0.4, -0.2) is 9.38 Å². The molecule has 0 aliphatic rings. The van der Waals surface area contributed by atoms with Crippen molar-refractivity contribution >= 4 is 5.65 Å². The van der Waals surface area contributed by atoms with Gasteiger partial charge in [-0.2, -0.15) is 0 Å². The normalized spacial score (nSPS) is 11.0. The van der Waals surface area contributed by atoms with Gasteiger partial charge in [-0.05, 0) is 60.9 Å². The van der Waals surface area contributed by atoms with Crippen molar-refractivity contribution in [3.63, 3.8) is 0 Å². The van der Waals surface area contributed by atoms with E-state index < -0.39 is 0 Å². The van der Waals surface area contributed by atoms with Crippen molar-refractivity contribution in [3.05, 3.63) is 114 Å². The number of imidazole rings is 1. The molecule has 3 aromatic carbocycles. The molecule has 0 aliphatic carbocycles. The smallest absolute Gasteiger partial charge is 0.137 e. The van der Waals surface area contributed by atoms with Crippen LogP contribution < -0.4 is 4.74 Å². The van der Waals surface area contributed by atoms with Crippen LogP contribution in [-0.2, 0) is 6.61 Å². The molecule has 0 bridgehead atoms. The summed E-state index contributed by atoms with van der Waals surface area (Å²) in [6.07, 6.45) is 4.23. The molecule has 0 saturated heterocycles. The first-order valence-electron chi connectivity index (χ1n) is 10.5. The fraction of sp³-hybridized carbons (Fsp3) is 0.107. The lowest BCUT2D eigenvalue weighted by Gasteiger charge is -2.09. The molecule has 31 heavy (non-hydrogen) atoms. The van der Waals surface area contributed by atoms with E-state index in [1.165, 1.54) is 11.1 Å². The molecule has 0 radical (unpaired) electrons. The highest BCUT2D eigenvalue weighted by molar-refractivity contribution is 5.68. The highest BCUT2D eigenvalue weighted by atomic mass is 16.5. The van der Waals surface area contributed by atoms with E-state index in [1.54, 1.807) is 0 Å². The van der Waals surface area contributed by atoms with Crippen molar-refractivity contribution in [2.75, 3.05) is 0 Å². The quantitative estimate of drug-likeness (QED) is 0.320. The molecule has 3 nitrogen and oxygen atoms in total. The van der Waals surface area contributed by atoms with Crippen LogP contribution in [0.15, 0.2) is 97.3 Å². The molecule has 0 atom stereocenters.